The van der Waals surface area contributed by atoms with E-state index in [4.69, 9.17) is 0 Å². The summed E-state index contributed by atoms with van der Waals surface area (Å²) in [6.07, 6.45) is 3.68. The molecule has 0 N–H and O–H groups in total. The van der Waals surface area contributed by atoms with E-state index in [0.29, 0.717) is 5.56 Å². The normalized spacial score (nSPS) is 9.67. The van der Waals surface area contributed by atoms with E-state index in [2.05, 4.69) is 35.9 Å². The van der Waals surface area contributed by atoms with E-state index in [1.54, 1.807) is 6.07 Å². The Morgan fingerprint density at radius 1 is 1.00 bits per heavy atom. The smallest absolute Gasteiger partial charge is 0.212 e. The summed E-state index contributed by atoms with van der Waals surface area (Å²) >= 11 is 0. The minimum atomic E-state index is -0.482. The lowest BCUT2D eigenvalue weighted by Crippen LogP contribution is -1.84. The fourth-order valence-electron chi connectivity index (χ4n) is 1.64. The van der Waals surface area contributed by atoms with Crippen molar-refractivity contribution < 1.29 is 4.39 Å². The van der Waals surface area contributed by atoms with Gasteiger partial charge in [0.15, 0.2) is 0 Å². The van der Waals surface area contributed by atoms with Crippen LogP contribution in [0.25, 0.3) is 0 Å². The van der Waals surface area contributed by atoms with Gasteiger partial charge in [-0.2, -0.15) is 4.39 Å². The minimum Gasteiger partial charge on any atom is -0.227 e. The van der Waals surface area contributed by atoms with E-state index in [0.717, 1.165) is 18.4 Å². The molecule has 0 unspecified atom stereocenters. The molecule has 0 aliphatic heterocycles. The molecule has 90 valence electrons. The molecule has 0 saturated heterocycles. The molecule has 2 aromatic rings. The Hall–Kier alpha value is -2.14. The largest absolute Gasteiger partial charge is 0.227 e. The number of hydrogen-bond donors (Lipinski definition) is 0. The lowest BCUT2D eigenvalue weighted by Gasteiger charge is -1.97. The van der Waals surface area contributed by atoms with Gasteiger partial charge in [0, 0.05) is 17.3 Å². The second-order valence-electron chi connectivity index (χ2n) is 4.07. The van der Waals surface area contributed by atoms with Crippen LogP contribution in [0.1, 0.15) is 30.0 Å². The number of pyridine rings is 1. The van der Waals surface area contributed by atoms with Crippen molar-refractivity contribution in [1.82, 2.24) is 4.98 Å². The Morgan fingerprint density at radius 2 is 1.67 bits per heavy atom. The standard InChI is InChI=1S/C16H14FN/c1-2-3-13-4-6-14(7-5-13)8-9-15-10-11-16(17)18-12-15/h4-7,10-12H,2-3H2,1H3. The van der Waals surface area contributed by atoms with Gasteiger partial charge in [0.1, 0.15) is 0 Å². The highest BCUT2D eigenvalue weighted by Gasteiger charge is 1.92. The van der Waals surface area contributed by atoms with Crippen molar-refractivity contribution in [1.29, 1.82) is 0 Å². The Balaban J connectivity index is 2.12. The second-order valence-corrected chi connectivity index (χ2v) is 4.07. The Labute approximate surface area is 107 Å². The van der Waals surface area contributed by atoms with Crippen LogP contribution in [0.2, 0.25) is 0 Å². The van der Waals surface area contributed by atoms with Crippen molar-refractivity contribution in [3.63, 3.8) is 0 Å². The summed E-state index contributed by atoms with van der Waals surface area (Å²) < 4.78 is 12.6. The van der Waals surface area contributed by atoms with Crippen LogP contribution >= 0.6 is 0 Å². The van der Waals surface area contributed by atoms with Crippen molar-refractivity contribution in [3.8, 4) is 11.8 Å². The molecular formula is C16H14FN. The summed E-state index contributed by atoms with van der Waals surface area (Å²) in [7, 11) is 0. The van der Waals surface area contributed by atoms with Crippen LogP contribution in [0.4, 0.5) is 4.39 Å². The van der Waals surface area contributed by atoms with E-state index in [1.165, 1.54) is 17.8 Å². The van der Waals surface area contributed by atoms with Crippen molar-refractivity contribution in [2.45, 2.75) is 19.8 Å². The quantitative estimate of drug-likeness (QED) is 0.576. The zero-order chi connectivity index (χ0) is 12.8. The second kappa shape index (κ2) is 5.97. The van der Waals surface area contributed by atoms with Gasteiger partial charge in [-0.25, -0.2) is 4.98 Å². The third-order valence-electron chi connectivity index (χ3n) is 2.57. The molecule has 18 heavy (non-hydrogen) atoms. The average Bonchev–Trinajstić information content (AvgIpc) is 2.40. The van der Waals surface area contributed by atoms with Gasteiger partial charge in [-0.05, 0) is 36.2 Å². The van der Waals surface area contributed by atoms with Gasteiger partial charge >= 0.3 is 0 Å². The molecule has 1 aromatic carbocycles. The first-order valence-electron chi connectivity index (χ1n) is 6.00. The van der Waals surface area contributed by atoms with Crippen molar-refractivity contribution in [2.75, 3.05) is 0 Å². The van der Waals surface area contributed by atoms with E-state index in [1.807, 2.05) is 12.1 Å². The molecule has 2 heteroatoms. The summed E-state index contributed by atoms with van der Waals surface area (Å²) in [4.78, 5) is 3.56. The zero-order valence-electron chi connectivity index (χ0n) is 10.3. The number of aromatic nitrogens is 1. The molecule has 2 rings (SSSR count). The number of aryl methyl sites for hydroxylation is 1. The monoisotopic (exact) mass is 239 g/mol. The van der Waals surface area contributed by atoms with Crippen molar-refractivity contribution in [3.05, 3.63) is 65.2 Å². The Morgan fingerprint density at radius 3 is 2.28 bits per heavy atom. The summed E-state index contributed by atoms with van der Waals surface area (Å²) in [6, 6.07) is 11.1. The van der Waals surface area contributed by atoms with E-state index >= 15 is 0 Å². The van der Waals surface area contributed by atoms with E-state index < -0.39 is 5.95 Å². The van der Waals surface area contributed by atoms with Gasteiger partial charge in [-0.1, -0.05) is 37.3 Å². The molecule has 1 nitrogen and oxygen atoms in total. The summed E-state index contributed by atoms with van der Waals surface area (Å²) in [5, 5.41) is 0. The molecule has 0 saturated carbocycles. The topological polar surface area (TPSA) is 12.9 Å². The number of nitrogens with zero attached hydrogens (tertiary/aromatic N) is 1. The fraction of sp³-hybridized carbons (Fsp3) is 0.188. The Bertz CT molecular complexity index is 559. The van der Waals surface area contributed by atoms with Gasteiger partial charge < -0.3 is 0 Å². The van der Waals surface area contributed by atoms with Gasteiger partial charge in [0.05, 0.1) is 0 Å². The maximum Gasteiger partial charge on any atom is 0.212 e. The van der Waals surface area contributed by atoms with Gasteiger partial charge in [-0.15, -0.1) is 0 Å². The SMILES string of the molecule is CCCc1ccc(C#Cc2ccc(F)nc2)cc1. The maximum absolute atomic E-state index is 12.6. The molecule has 0 amide bonds. The summed E-state index contributed by atoms with van der Waals surface area (Å²) in [5.41, 5.74) is 3.00. The van der Waals surface area contributed by atoms with Crippen molar-refractivity contribution >= 4 is 0 Å². The molecule has 1 aromatic heterocycles. The maximum atomic E-state index is 12.6. The first kappa shape index (κ1) is 12.3. The van der Waals surface area contributed by atoms with Crippen molar-refractivity contribution in [2.24, 2.45) is 0 Å². The third-order valence-corrected chi connectivity index (χ3v) is 2.57. The van der Waals surface area contributed by atoms with E-state index in [9.17, 15) is 4.39 Å². The third kappa shape index (κ3) is 3.43. The molecule has 0 atom stereocenters. The van der Waals surface area contributed by atoms with Crippen LogP contribution < -0.4 is 0 Å². The number of halogens is 1. The summed E-state index contributed by atoms with van der Waals surface area (Å²) in [5.74, 6) is 5.52. The molecule has 0 aliphatic rings. The van der Waals surface area contributed by atoms with E-state index in [-0.39, 0.29) is 0 Å². The lowest BCUT2D eigenvalue weighted by molar-refractivity contribution is 0.583. The lowest BCUT2D eigenvalue weighted by atomic mass is 10.1. The number of hydrogen-bond acceptors (Lipinski definition) is 1. The highest BCUT2D eigenvalue weighted by Crippen LogP contribution is 2.06. The van der Waals surface area contributed by atoms with Crippen LogP contribution in [0.5, 0.6) is 0 Å². The summed E-state index contributed by atoms with van der Waals surface area (Å²) in [6.45, 7) is 2.16. The van der Waals surface area contributed by atoms with Crippen LogP contribution in [0.3, 0.4) is 0 Å². The first-order chi connectivity index (χ1) is 8.78. The number of benzene rings is 1. The first-order valence-corrected chi connectivity index (χ1v) is 6.00. The molecule has 0 bridgehead atoms. The predicted molar refractivity (Wildman–Crippen MR) is 70.6 cm³/mol. The zero-order valence-corrected chi connectivity index (χ0v) is 10.3. The Kier molecular flexibility index (Phi) is 4.09. The van der Waals surface area contributed by atoms with Crippen LogP contribution in [-0.4, -0.2) is 4.98 Å². The predicted octanol–water partition coefficient (Wildman–Crippen LogP) is 3.57. The van der Waals surface area contributed by atoms with Gasteiger partial charge in [0.25, 0.3) is 0 Å². The van der Waals surface area contributed by atoms with Gasteiger partial charge in [-0.3, -0.25) is 0 Å². The average molecular weight is 239 g/mol. The molecule has 0 fully saturated rings. The highest BCUT2D eigenvalue weighted by molar-refractivity contribution is 5.42. The molecule has 0 spiro atoms. The van der Waals surface area contributed by atoms with Crippen LogP contribution in [0.15, 0.2) is 42.6 Å². The number of rotatable bonds is 2. The molecule has 1 heterocycles. The molecule has 0 radical (unpaired) electrons. The van der Waals surface area contributed by atoms with Crippen LogP contribution in [0, 0.1) is 17.8 Å². The van der Waals surface area contributed by atoms with Crippen LogP contribution in [-0.2, 0) is 6.42 Å². The molecule has 0 aliphatic carbocycles. The molecular weight excluding hydrogens is 225 g/mol. The van der Waals surface area contributed by atoms with Gasteiger partial charge in [0.2, 0.25) is 5.95 Å². The highest BCUT2D eigenvalue weighted by atomic mass is 19.1. The minimum absolute atomic E-state index is 0.482. The fourth-order valence-corrected chi connectivity index (χ4v) is 1.64.